The van der Waals surface area contributed by atoms with Crippen LogP contribution in [-0.2, 0) is 16.6 Å². The Morgan fingerprint density at radius 3 is 2.51 bits per heavy atom. The summed E-state index contributed by atoms with van der Waals surface area (Å²) in [7, 11) is -2.58. The quantitative estimate of drug-likeness (QED) is 0.381. The number of nitrogens with zero attached hydrogens (tertiary/aromatic N) is 3. The van der Waals surface area contributed by atoms with E-state index in [1.165, 1.54) is 37.4 Å². The van der Waals surface area contributed by atoms with Crippen molar-refractivity contribution in [1.29, 1.82) is 0 Å². The van der Waals surface area contributed by atoms with Gasteiger partial charge in [0.15, 0.2) is 0 Å². The first-order chi connectivity index (χ1) is 18.7. The second-order valence-electron chi connectivity index (χ2n) is 9.07. The first kappa shape index (κ1) is 28.0. The summed E-state index contributed by atoms with van der Waals surface area (Å²) in [5, 5.41) is 0. The zero-order valence-corrected chi connectivity index (χ0v) is 22.7. The normalized spacial score (nSPS) is 14.4. The zero-order chi connectivity index (χ0) is 28.0. The number of carbonyl (C=O) groups is 1. The minimum atomic E-state index is -4.01. The van der Waals surface area contributed by atoms with E-state index < -0.39 is 10.0 Å². The summed E-state index contributed by atoms with van der Waals surface area (Å²) >= 11 is 0. The van der Waals surface area contributed by atoms with Crippen molar-refractivity contribution >= 4 is 40.1 Å². The molecule has 3 aromatic rings. The zero-order valence-electron chi connectivity index (χ0n) is 21.9. The van der Waals surface area contributed by atoms with E-state index in [0.29, 0.717) is 43.9 Å². The number of methoxy groups -OCH3 is 1. The molecule has 8 nitrogen and oxygen atoms in total. The monoisotopic (exact) mass is 550 g/mol. The molecule has 1 N–H and O–H groups in total. The van der Waals surface area contributed by atoms with E-state index in [1.807, 2.05) is 13.0 Å². The van der Waals surface area contributed by atoms with E-state index in [0.717, 1.165) is 5.56 Å². The van der Waals surface area contributed by atoms with Crippen molar-refractivity contribution in [3.8, 4) is 5.75 Å². The summed E-state index contributed by atoms with van der Waals surface area (Å²) < 4.78 is 48.0. The number of hydrogen-bond acceptors (Lipinski definition) is 6. The Balaban J connectivity index is 1.47. The highest BCUT2D eigenvalue weighted by Crippen LogP contribution is 2.32. The molecule has 1 aliphatic rings. The van der Waals surface area contributed by atoms with Crippen LogP contribution in [0.3, 0.4) is 0 Å². The van der Waals surface area contributed by atoms with Crippen molar-refractivity contribution in [2.24, 2.45) is 4.99 Å². The number of amides is 1. The van der Waals surface area contributed by atoms with Gasteiger partial charge < -0.3 is 9.64 Å². The van der Waals surface area contributed by atoms with E-state index in [1.54, 1.807) is 41.3 Å². The first-order valence-corrected chi connectivity index (χ1v) is 13.9. The summed E-state index contributed by atoms with van der Waals surface area (Å²) in [6, 6.07) is 15.9. The number of anilines is 1. The molecule has 0 saturated carbocycles. The Morgan fingerprint density at radius 1 is 1.10 bits per heavy atom. The number of aliphatic imine (C=N–C) groups is 1. The Morgan fingerprint density at radius 2 is 1.85 bits per heavy atom. The maximum Gasteiger partial charge on any atom is 0.264 e. The SMILES string of the molecule is C=Nc1c(/C=C\C)cccc1S(=O)(=O)Nc1ccc(C(=O)N2CCN(Cc3cccc(F)c3)CC2)c(OC)c1. The third-order valence-electron chi connectivity index (χ3n) is 6.46. The van der Waals surface area contributed by atoms with Crippen molar-refractivity contribution in [2.75, 3.05) is 38.0 Å². The fourth-order valence-corrected chi connectivity index (χ4v) is 5.80. The van der Waals surface area contributed by atoms with Gasteiger partial charge in [-0.05, 0) is 49.5 Å². The highest BCUT2D eigenvalue weighted by molar-refractivity contribution is 7.92. The van der Waals surface area contributed by atoms with Gasteiger partial charge in [-0.15, -0.1) is 0 Å². The van der Waals surface area contributed by atoms with Gasteiger partial charge in [0.05, 0.1) is 24.0 Å². The van der Waals surface area contributed by atoms with Gasteiger partial charge in [0.25, 0.3) is 15.9 Å². The fraction of sp³-hybridized carbons (Fsp3) is 0.241. The smallest absolute Gasteiger partial charge is 0.264 e. The molecule has 39 heavy (non-hydrogen) atoms. The number of ether oxygens (including phenoxy) is 1. The molecule has 1 heterocycles. The van der Waals surface area contributed by atoms with E-state index in [2.05, 4.69) is 21.3 Å². The van der Waals surface area contributed by atoms with Crippen LogP contribution in [0.1, 0.15) is 28.4 Å². The van der Waals surface area contributed by atoms with Crippen LogP contribution >= 0.6 is 0 Å². The molecular weight excluding hydrogens is 519 g/mol. The highest BCUT2D eigenvalue weighted by Gasteiger charge is 2.26. The molecule has 0 atom stereocenters. The van der Waals surface area contributed by atoms with Crippen molar-refractivity contribution in [3.05, 3.63) is 89.2 Å². The Labute approximate surface area is 228 Å². The third-order valence-corrected chi connectivity index (χ3v) is 7.88. The topological polar surface area (TPSA) is 91.3 Å². The van der Waals surface area contributed by atoms with Crippen LogP contribution in [0.15, 0.2) is 76.6 Å². The van der Waals surface area contributed by atoms with E-state index in [-0.39, 0.29) is 33.7 Å². The second kappa shape index (κ2) is 12.2. The minimum absolute atomic E-state index is 0.0108. The molecule has 0 aliphatic carbocycles. The Hall–Kier alpha value is -4.02. The summed E-state index contributed by atoms with van der Waals surface area (Å²) in [5.74, 6) is -0.213. The summed E-state index contributed by atoms with van der Waals surface area (Å²) in [4.78, 5) is 21.1. The lowest BCUT2D eigenvalue weighted by atomic mass is 10.1. The predicted molar refractivity (Wildman–Crippen MR) is 152 cm³/mol. The lowest BCUT2D eigenvalue weighted by Crippen LogP contribution is -2.48. The molecule has 1 fully saturated rings. The number of benzene rings is 3. The van der Waals surface area contributed by atoms with Crippen LogP contribution in [0.5, 0.6) is 5.75 Å². The van der Waals surface area contributed by atoms with Gasteiger partial charge in [-0.2, -0.15) is 0 Å². The third kappa shape index (κ3) is 6.52. The average Bonchev–Trinajstić information content (AvgIpc) is 2.93. The molecular formula is C29H31FN4O4S. The number of hydrogen-bond donors (Lipinski definition) is 1. The van der Waals surface area contributed by atoms with Gasteiger partial charge in [0, 0.05) is 44.4 Å². The van der Waals surface area contributed by atoms with Crippen LogP contribution < -0.4 is 9.46 Å². The molecule has 0 aromatic heterocycles. The minimum Gasteiger partial charge on any atom is -0.496 e. The summed E-state index contributed by atoms with van der Waals surface area (Å²) in [5.41, 5.74) is 2.35. The molecule has 3 aromatic carbocycles. The molecule has 1 aliphatic heterocycles. The molecule has 0 radical (unpaired) electrons. The van der Waals surface area contributed by atoms with Crippen molar-refractivity contribution < 1.29 is 22.3 Å². The number of rotatable bonds is 9. The predicted octanol–water partition coefficient (Wildman–Crippen LogP) is 4.96. The lowest BCUT2D eigenvalue weighted by molar-refractivity contribution is 0.0625. The van der Waals surface area contributed by atoms with Gasteiger partial charge >= 0.3 is 0 Å². The van der Waals surface area contributed by atoms with Gasteiger partial charge in [0.1, 0.15) is 16.5 Å². The van der Waals surface area contributed by atoms with Crippen molar-refractivity contribution in [1.82, 2.24) is 9.80 Å². The molecule has 1 saturated heterocycles. The number of allylic oxidation sites excluding steroid dienone is 1. The van der Waals surface area contributed by atoms with Crippen molar-refractivity contribution in [2.45, 2.75) is 18.4 Å². The molecule has 10 heteroatoms. The number of sulfonamides is 1. The van der Waals surface area contributed by atoms with Crippen molar-refractivity contribution in [3.63, 3.8) is 0 Å². The van der Waals surface area contributed by atoms with Gasteiger partial charge in [-0.3, -0.25) is 19.4 Å². The van der Waals surface area contributed by atoms with Crippen LogP contribution in [0.4, 0.5) is 15.8 Å². The molecule has 0 spiro atoms. The average molecular weight is 551 g/mol. The summed E-state index contributed by atoms with van der Waals surface area (Å²) in [6.45, 7) is 8.27. The molecule has 204 valence electrons. The number of piperazine rings is 1. The maximum atomic E-state index is 13.5. The maximum absolute atomic E-state index is 13.5. The standard InChI is InChI=1S/C29H31FN4O4S/c1-4-7-22-9-6-11-27(28(22)31-2)39(36,37)32-24-12-13-25(26(19-24)38-3)29(35)34-16-14-33(15-17-34)20-21-8-5-10-23(30)18-21/h4-13,18-19,32H,2,14-17,20H2,1,3H3/b7-4-. The van der Waals surface area contributed by atoms with E-state index in [4.69, 9.17) is 4.74 Å². The van der Waals surface area contributed by atoms with E-state index >= 15 is 0 Å². The van der Waals surface area contributed by atoms with Gasteiger partial charge in [-0.25, -0.2) is 12.8 Å². The van der Waals surface area contributed by atoms with Crippen LogP contribution in [0, 0.1) is 5.82 Å². The van der Waals surface area contributed by atoms with E-state index in [9.17, 15) is 17.6 Å². The molecule has 1 amide bonds. The van der Waals surface area contributed by atoms with Crippen LogP contribution in [0.25, 0.3) is 6.08 Å². The number of carbonyl (C=O) groups excluding carboxylic acids is 1. The van der Waals surface area contributed by atoms with Crippen LogP contribution in [-0.4, -0.2) is 64.1 Å². The number of para-hydroxylation sites is 1. The Bertz CT molecular complexity index is 1500. The Kier molecular flexibility index (Phi) is 8.78. The first-order valence-electron chi connectivity index (χ1n) is 12.4. The van der Waals surface area contributed by atoms with Gasteiger partial charge in [0.2, 0.25) is 0 Å². The molecule has 0 bridgehead atoms. The largest absolute Gasteiger partial charge is 0.496 e. The van der Waals surface area contributed by atoms with Crippen LogP contribution in [0.2, 0.25) is 0 Å². The second-order valence-corrected chi connectivity index (χ2v) is 10.7. The summed E-state index contributed by atoms with van der Waals surface area (Å²) in [6.07, 6.45) is 3.55. The molecule has 0 unspecified atom stereocenters. The number of nitrogens with one attached hydrogen (secondary N) is 1. The van der Waals surface area contributed by atoms with Gasteiger partial charge in [-0.1, -0.05) is 36.4 Å². The number of halogens is 1. The fourth-order valence-electron chi connectivity index (χ4n) is 4.55. The lowest BCUT2D eigenvalue weighted by Gasteiger charge is -2.35. The molecule has 4 rings (SSSR count). The highest BCUT2D eigenvalue weighted by atomic mass is 32.2.